The van der Waals surface area contributed by atoms with Crippen LogP contribution in [-0.4, -0.2) is 50.0 Å². The van der Waals surface area contributed by atoms with Crippen LogP contribution < -0.4 is 15.0 Å². The molecule has 4 rings (SSSR count). The van der Waals surface area contributed by atoms with Crippen molar-refractivity contribution >= 4 is 45.2 Å². The fraction of sp³-hybridized carbons (Fsp3) is 0.185. The molecule has 0 radical (unpaired) electrons. The van der Waals surface area contributed by atoms with Gasteiger partial charge in [-0.15, -0.1) is 0 Å². The molecule has 1 aliphatic heterocycles. The number of carbonyl (C=O) groups is 2. The number of carbonyl (C=O) groups excluding carboxylic acids is 2. The molecule has 1 saturated heterocycles. The SMILES string of the molecule is COc1ccc(Br)cc1C=CC(=O)Nc1ccccc1N1CCN(C(=O)c2ccccc2)CC1. The lowest BCUT2D eigenvalue weighted by molar-refractivity contribution is -0.111. The Hall–Kier alpha value is -3.58. The van der Waals surface area contributed by atoms with Gasteiger partial charge in [0.2, 0.25) is 5.91 Å². The maximum Gasteiger partial charge on any atom is 0.253 e. The maximum atomic E-state index is 12.7. The summed E-state index contributed by atoms with van der Waals surface area (Å²) in [5, 5.41) is 2.99. The Morgan fingerprint density at radius 3 is 2.38 bits per heavy atom. The van der Waals surface area contributed by atoms with E-state index in [-0.39, 0.29) is 11.8 Å². The molecule has 0 aliphatic carbocycles. The van der Waals surface area contributed by atoms with Crippen LogP contribution in [0.1, 0.15) is 15.9 Å². The maximum absolute atomic E-state index is 12.7. The molecule has 3 aromatic rings. The molecule has 7 heteroatoms. The second kappa shape index (κ2) is 11.0. The first-order chi connectivity index (χ1) is 16.5. The first-order valence-corrected chi connectivity index (χ1v) is 11.9. The van der Waals surface area contributed by atoms with Gasteiger partial charge in [-0.05, 0) is 48.5 Å². The lowest BCUT2D eigenvalue weighted by Gasteiger charge is -2.37. The summed E-state index contributed by atoms with van der Waals surface area (Å²) in [6.07, 6.45) is 3.23. The predicted molar refractivity (Wildman–Crippen MR) is 139 cm³/mol. The van der Waals surface area contributed by atoms with Crippen LogP contribution in [0.5, 0.6) is 5.75 Å². The summed E-state index contributed by atoms with van der Waals surface area (Å²) in [6.45, 7) is 2.63. The van der Waals surface area contributed by atoms with Crippen molar-refractivity contribution in [3.63, 3.8) is 0 Å². The number of hydrogen-bond acceptors (Lipinski definition) is 4. The molecule has 1 aliphatic rings. The average molecular weight is 520 g/mol. The van der Waals surface area contributed by atoms with Gasteiger partial charge in [-0.3, -0.25) is 9.59 Å². The van der Waals surface area contributed by atoms with Crippen LogP contribution in [0.4, 0.5) is 11.4 Å². The number of rotatable bonds is 6. The molecule has 1 heterocycles. The lowest BCUT2D eigenvalue weighted by atomic mass is 10.1. The zero-order valence-electron chi connectivity index (χ0n) is 18.9. The topological polar surface area (TPSA) is 61.9 Å². The molecule has 0 atom stereocenters. The highest BCUT2D eigenvalue weighted by Gasteiger charge is 2.23. The number of piperazine rings is 1. The summed E-state index contributed by atoms with van der Waals surface area (Å²) in [5.41, 5.74) is 3.19. The van der Waals surface area contributed by atoms with Gasteiger partial charge in [0, 0.05) is 47.9 Å². The fourth-order valence-electron chi connectivity index (χ4n) is 3.94. The highest BCUT2D eigenvalue weighted by Crippen LogP contribution is 2.28. The van der Waals surface area contributed by atoms with Gasteiger partial charge in [-0.25, -0.2) is 0 Å². The number of methoxy groups -OCH3 is 1. The summed E-state index contributed by atoms with van der Waals surface area (Å²) < 4.78 is 6.27. The smallest absolute Gasteiger partial charge is 0.253 e. The molecule has 3 aromatic carbocycles. The minimum Gasteiger partial charge on any atom is -0.496 e. The van der Waals surface area contributed by atoms with Gasteiger partial charge in [0.15, 0.2) is 0 Å². The second-order valence-electron chi connectivity index (χ2n) is 7.87. The molecular weight excluding hydrogens is 494 g/mol. The van der Waals surface area contributed by atoms with E-state index in [2.05, 4.69) is 26.1 Å². The zero-order valence-corrected chi connectivity index (χ0v) is 20.5. The van der Waals surface area contributed by atoms with Gasteiger partial charge < -0.3 is 19.9 Å². The van der Waals surface area contributed by atoms with Crippen LogP contribution in [0.3, 0.4) is 0 Å². The van der Waals surface area contributed by atoms with E-state index in [1.54, 1.807) is 13.2 Å². The Kier molecular flexibility index (Phi) is 7.65. The molecule has 0 saturated carbocycles. The number of anilines is 2. The minimum absolute atomic E-state index is 0.0509. The first kappa shape index (κ1) is 23.6. The number of para-hydroxylation sites is 2. The Labute approximate surface area is 208 Å². The summed E-state index contributed by atoms with van der Waals surface area (Å²) in [4.78, 5) is 29.5. The standard InChI is InChI=1S/C27H26BrN3O3/c1-34-25-13-12-22(28)19-21(25)11-14-26(32)29-23-9-5-6-10-24(23)30-15-17-31(18-16-30)27(33)20-7-3-2-4-8-20/h2-14,19H,15-18H2,1H3,(H,29,32). The Morgan fingerprint density at radius 2 is 1.65 bits per heavy atom. The monoisotopic (exact) mass is 519 g/mol. The predicted octanol–water partition coefficient (Wildman–Crippen LogP) is 5.07. The van der Waals surface area contributed by atoms with E-state index in [1.165, 1.54) is 6.08 Å². The molecule has 1 N–H and O–H groups in total. The van der Waals surface area contributed by atoms with E-state index in [9.17, 15) is 9.59 Å². The third-order valence-corrected chi connectivity index (χ3v) is 6.19. The van der Waals surface area contributed by atoms with E-state index >= 15 is 0 Å². The van der Waals surface area contributed by atoms with Crippen LogP contribution in [0.2, 0.25) is 0 Å². The van der Waals surface area contributed by atoms with Crippen molar-refractivity contribution in [3.8, 4) is 5.75 Å². The third-order valence-electron chi connectivity index (χ3n) is 5.70. The highest BCUT2D eigenvalue weighted by molar-refractivity contribution is 9.10. The Bertz CT molecular complexity index is 1190. The number of halogens is 1. The quantitative estimate of drug-likeness (QED) is 0.461. The van der Waals surface area contributed by atoms with Crippen molar-refractivity contribution < 1.29 is 14.3 Å². The van der Waals surface area contributed by atoms with E-state index in [4.69, 9.17) is 4.74 Å². The fourth-order valence-corrected chi connectivity index (χ4v) is 4.32. The average Bonchev–Trinajstić information content (AvgIpc) is 2.88. The van der Waals surface area contributed by atoms with Crippen LogP contribution in [0.15, 0.2) is 83.3 Å². The van der Waals surface area contributed by atoms with Crippen molar-refractivity contribution in [1.82, 2.24) is 4.90 Å². The summed E-state index contributed by atoms with van der Waals surface area (Å²) in [7, 11) is 1.60. The van der Waals surface area contributed by atoms with Crippen LogP contribution in [-0.2, 0) is 4.79 Å². The highest BCUT2D eigenvalue weighted by atomic mass is 79.9. The number of amides is 2. The van der Waals surface area contributed by atoms with Crippen molar-refractivity contribution in [2.24, 2.45) is 0 Å². The van der Waals surface area contributed by atoms with Gasteiger partial charge in [-0.2, -0.15) is 0 Å². The molecule has 0 spiro atoms. The summed E-state index contributed by atoms with van der Waals surface area (Å²) in [6, 6.07) is 22.7. The lowest BCUT2D eigenvalue weighted by Crippen LogP contribution is -2.49. The number of nitrogens with one attached hydrogen (secondary N) is 1. The van der Waals surface area contributed by atoms with E-state index in [0.29, 0.717) is 37.5 Å². The number of hydrogen-bond donors (Lipinski definition) is 1. The van der Waals surface area contributed by atoms with E-state index in [1.807, 2.05) is 77.7 Å². The van der Waals surface area contributed by atoms with E-state index < -0.39 is 0 Å². The van der Waals surface area contributed by atoms with Crippen molar-refractivity contribution in [2.45, 2.75) is 0 Å². The van der Waals surface area contributed by atoms with Gasteiger partial charge in [0.1, 0.15) is 5.75 Å². The molecule has 0 bridgehead atoms. The van der Waals surface area contributed by atoms with Gasteiger partial charge in [0.05, 0.1) is 18.5 Å². The molecule has 34 heavy (non-hydrogen) atoms. The molecule has 2 amide bonds. The Balaban J connectivity index is 1.41. The third kappa shape index (κ3) is 5.66. The van der Waals surface area contributed by atoms with Crippen LogP contribution >= 0.6 is 15.9 Å². The van der Waals surface area contributed by atoms with E-state index in [0.717, 1.165) is 21.4 Å². The second-order valence-corrected chi connectivity index (χ2v) is 8.79. The largest absolute Gasteiger partial charge is 0.496 e. The minimum atomic E-state index is -0.229. The van der Waals surface area contributed by atoms with Gasteiger partial charge >= 0.3 is 0 Å². The number of benzene rings is 3. The molecule has 0 unspecified atom stereocenters. The molecule has 174 valence electrons. The number of ether oxygens (including phenoxy) is 1. The first-order valence-electron chi connectivity index (χ1n) is 11.1. The van der Waals surface area contributed by atoms with Crippen molar-refractivity contribution in [3.05, 3.63) is 94.5 Å². The summed E-state index contributed by atoms with van der Waals surface area (Å²) in [5.74, 6) is 0.512. The molecular formula is C27H26BrN3O3. The molecule has 6 nitrogen and oxygen atoms in total. The molecule has 1 fully saturated rings. The van der Waals surface area contributed by atoms with Gasteiger partial charge in [0.25, 0.3) is 5.91 Å². The van der Waals surface area contributed by atoms with Crippen molar-refractivity contribution in [1.29, 1.82) is 0 Å². The molecule has 0 aromatic heterocycles. The zero-order chi connectivity index (χ0) is 23.9. The van der Waals surface area contributed by atoms with Crippen LogP contribution in [0.25, 0.3) is 6.08 Å². The van der Waals surface area contributed by atoms with Crippen molar-refractivity contribution in [2.75, 3.05) is 43.5 Å². The Morgan fingerprint density at radius 1 is 0.941 bits per heavy atom. The summed E-state index contributed by atoms with van der Waals surface area (Å²) >= 11 is 3.45. The van der Waals surface area contributed by atoms with Gasteiger partial charge in [-0.1, -0.05) is 46.3 Å². The normalized spacial score (nSPS) is 13.7. The number of nitrogens with zero attached hydrogens (tertiary/aromatic N) is 2. The van der Waals surface area contributed by atoms with Crippen LogP contribution in [0, 0.1) is 0 Å².